The molecule has 0 radical (unpaired) electrons. The number of nitrogens with one attached hydrogen (secondary N) is 2. The summed E-state index contributed by atoms with van der Waals surface area (Å²) in [5, 5.41) is 6.07. The Morgan fingerprint density at radius 2 is 2.05 bits per heavy atom. The van der Waals surface area contributed by atoms with Crippen molar-refractivity contribution in [1.82, 2.24) is 10.6 Å². The minimum absolute atomic E-state index is 0. The maximum atomic E-state index is 11.3. The molecule has 2 N–H and O–H groups in total. The highest BCUT2D eigenvalue weighted by Crippen LogP contribution is 1.99. The number of halogens is 1. The Morgan fingerprint density at radius 3 is 2.60 bits per heavy atom. The number of nitrogens with zero attached hydrogens (tertiary/aromatic N) is 1. The molecule has 1 aromatic rings. The molecule has 0 aliphatic heterocycles. The largest absolute Gasteiger partial charge is 0.469 e. The van der Waals surface area contributed by atoms with Gasteiger partial charge in [0.2, 0.25) is 0 Å². The van der Waals surface area contributed by atoms with E-state index in [9.17, 15) is 8.42 Å². The lowest BCUT2D eigenvalue weighted by molar-refractivity contribution is 0.507. The highest BCUT2D eigenvalue weighted by molar-refractivity contribution is 14.0. The van der Waals surface area contributed by atoms with Crippen molar-refractivity contribution >= 4 is 39.8 Å². The van der Waals surface area contributed by atoms with Crippen molar-refractivity contribution < 1.29 is 12.8 Å². The van der Waals surface area contributed by atoms with Crippen molar-refractivity contribution in [2.45, 2.75) is 13.3 Å². The molecule has 0 aliphatic carbocycles. The molecule has 8 heteroatoms. The van der Waals surface area contributed by atoms with Gasteiger partial charge in [-0.3, -0.25) is 4.99 Å². The number of rotatable bonds is 7. The van der Waals surface area contributed by atoms with Crippen LogP contribution in [0.1, 0.15) is 12.7 Å². The third-order valence-electron chi connectivity index (χ3n) is 2.61. The Kier molecular flexibility index (Phi) is 9.64. The van der Waals surface area contributed by atoms with Crippen LogP contribution in [0.5, 0.6) is 0 Å². The maximum Gasteiger partial charge on any atom is 0.191 e. The average molecular weight is 415 g/mol. The van der Waals surface area contributed by atoms with Crippen LogP contribution in [0.2, 0.25) is 0 Å². The van der Waals surface area contributed by atoms with E-state index in [1.807, 2.05) is 12.1 Å². The third-order valence-corrected chi connectivity index (χ3v) is 4.32. The SMILES string of the molecule is CCS(=O)(=O)CCNC(=NC)NCCc1ccco1.I. The number of hydrogen-bond acceptors (Lipinski definition) is 4. The van der Waals surface area contributed by atoms with Crippen molar-refractivity contribution in [3.8, 4) is 0 Å². The first-order valence-corrected chi connectivity index (χ1v) is 8.07. The Labute approximate surface area is 137 Å². The van der Waals surface area contributed by atoms with Crippen LogP contribution in [-0.4, -0.2) is 46.0 Å². The van der Waals surface area contributed by atoms with E-state index >= 15 is 0 Å². The zero-order valence-electron chi connectivity index (χ0n) is 11.8. The predicted octanol–water partition coefficient (Wildman–Crippen LogP) is 1.04. The molecule has 0 aliphatic rings. The van der Waals surface area contributed by atoms with Gasteiger partial charge < -0.3 is 15.1 Å². The van der Waals surface area contributed by atoms with E-state index in [4.69, 9.17) is 4.42 Å². The Bertz CT molecular complexity index is 486. The minimum Gasteiger partial charge on any atom is -0.469 e. The molecule has 0 saturated carbocycles. The smallest absolute Gasteiger partial charge is 0.191 e. The highest BCUT2D eigenvalue weighted by atomic mass is 127. The van der Waals surface area contributed by atoms with Crippen molar-refractivity contribution in [1.29, 1.82) is 0 Å². The summed E-state index contributed by atoms with van der Waals surface area (Å²) in [7, 11) is -1.29. The fraction of sp³-hybridized carbons (Fsp3) is 0.583. The van der Waals surface area contributed by atoms with E-state index in [-0.39, 0.29) is 35.5 Å². The highest BCUT2D eigenvalue weighted by Gasteiger charge is 2.07. The lowest BCUT2D eigenvalue weighted by Gasteiger charge is -2.11. The molecule has 0 unspecified atom stereocenters. The van der Waals surface area contributed by atoms with Crippen LogP contribution in [0.4, 0.5) is 0 Å². The van der Waals surface area contributed by atoms with E-state index in [0.717, 1.165) is 12.2 Å². The zero-order chi connectivity index (χ0) is 14.1. The molecule has 6 nitrogen and oxygen atoms in total. The van der Waals surface area contributed by atoms with Gasteiger partial charge in [0.25, 0.3) is 0 Å². The summed E-state index contributed by atoms with van der Waals surface area (Å²) in [6, 6.07) is 3.75. The fourth-order valence-corrected chi connectivity index (χ4v) is 2.15. The summed E-state index contributed by atoms with van der Waals surface area (Å²) in [5.41, 5.74) is 0. The summed E-state index contributed by atoms with van der Waals surface area (Å²) in [5.74, 6) is 1.77. The first-order valence-electron chi connectivity index (χ1n) is 6.24. The summed E-state index contributed by atoms with van der Waals surface area (Å²) in [6.07, 6.45) is 2.39. The molecule has 0 fully saturated rings. The van der Waals surface area contributed by atoms with Gasteiger partial charge in [-0.25, -0.2) is 8.42 Å². The van der Waals surface area contributed by atoms with Gasteiger partial charge in [-0.2, -0.15) is 0 Å². The van der Waals surface area contributed by atoms with Gasteiger partial charge in [-0.05, 0) is 12.1 Å². The number of furan rings is 1. The van der Waals surface area contributed by atoms with Crippen molar-refractivity contribution in [2.24, 2.45) is 4.99 Å². The molecule has 0 saturated heterocycles. The monoisotopic (exact) mass is 415 g/mol. The minimum atomic E-state index is -2.94. The van der Waals surface area contributed by atoms with E-state index in [0.29, 0.717) is 19.0 Å². The molecule has 1 heterocycles. The topological polar surface area (TPSA) is 83.7 Å². The quantitative estimate of drug-likeness (QED) is 0.395. The lowest BCUT2D eigenvalue weighted by Crippen LogP contribution is -2.40. The van der Waals surface area contributed by atoms with E-state index < -0.39 is 9.84 Å². The normalized spacial score (nSPS) is 11.8. The van der Waals surface area contributed by atoms with E-state index in [2.05, 4.69) is 15.6 Å². The molecule has 0 atom stereocenters. The number of sulfone groups is 1. The predicted molar refractivity (Wildman–Crippen MR) is 91.5 cm³/mol. The molecule has 1 aromatic heterocycles. The summed E-state index contributed by atoms with van der Waals surface area (Å²) in [6.45, 7) is 2.68. The molecular weight excluding hydrogens is 393 g/mol. The Hall–Kier alpha value is -0.770. The van der Waals surface area contributed by atoms with Gasteiger partial charge in [0.1, 0.15) is 5.76 Å². The molecule has 0 amide bonds. The average Bonchev–Trinajstić information content (AvgIpc) is 2.90. The fourth-order valence-electron chi connectivity index (χ4n) is 1.45. The Balaban J connectivity index is 0.00000361. The van der Waals surface area contributed by atoms with Crippen LogP contribution in [0.15, 0.2) is 27.8 Å². The maximum absolute atomic E-state index is 11.3. The molecule has 20 heavy (non-hydrogen) atoms. The number of aliphatic imine (C=N–C) groups is 1. The summed E-state index contributed by atoms with van der Waals surface area (Å²) >= 11 is 0. The first kappa shape index (κ1) is 19.2. The van der Waals surface area contributed by atoms with Crippen LogP contribution in [0, 0.1) is 0 Å². The van der Waals surface area contributed by atoms with Crippen LogP contribution < -0.4 is 10.6 Å². The van der Waals surface area contributed by atoms with Gasteiger partial charge in [-0.1, -0.05) is 6.92 Å². The first-order chi connectivity index (χ1) is 9.07. The molecule has 116 valence electrons. The van der Waals surface area contributed by atoms with Gasteiger partial charge in [0.15, 0.2) is 15.8 Å². The van der Waals surface area contributed by atoms with Crippen molar-refractivity contribution in [3.63, 3.8) is 0 Å². The number of guanidine groups is 1. The third kappa shape index (κ3) is 7.73. The zero-order valence-corrected chi connectivity index (χ0v) is 14.9. The summed E-state index contributed by atoms with van der Waals surface area (Å²) < 4.78 is 27.9. The van der Waals surface area contributed by atoms with Crippen molar-refractivity contribution in [3.05, 3.63) is 24.2 Å². The Morgan fingerprint density at radius 1 is 1.35 bits per heavy atom. The molecule has 1 rings (SSSR count). The molecular formula is C12H22IN3O3S. The van der Waals surface area contributed by atoms with Gasteiger partial charge in [0, 0.05) is 32.3 Å². The van der Waals surface area contributed by atoms with Crippen LogP contribution in [-0.2, 0) is 16.3 Å². The van der Waals surface area contributed by atoms with E-state index in [1.54, 1.807) is 20.2 Å². The molecule has 0 spiro atoms. The van der Waals surface area contributed by atoms with Gasteiger partial charge in [0.05, 0.1) is 12.0 Å². The van der Waals surface area contributed by atoms with Crippen LogP contribution >= 0.6 is 24.0 Å². The van der Waals surface area contributed by atoms with Gasteiger partial charge >= 0.3 is 0 Å². The molecule has 0 aromatic carbocycles. The summed E-state index contributed by atoms with van der Waals surface area (Å²) in [4.78, 5) is 4.02. The van der Waals surface area contributed by atoms with Crippen molar-refractivity contribution in [2.75, 3.05) is 31.6 Å². The van der Waals surface area contributed by atoms with Gasteiger partial charge in [-0.15, -0.1) is 24.0 Å². The standard InChI is InChI=1S/C12H21N3O3S.HI/c1-3-19(16,17)10-8-15-12(13-2)14-7-6-11-5-4-9-18-11;/h4-5,9H,3,6-8,10H2,1-2H3,(H2,13,14,15);1H. The second kappa shape index (κ2) is 10.0. The number of hydrogen-bond donors (Lipinski definition) is 2. The molecule has 0 bridgehead atoms. The van der Waals surface area contributed by atoms with Crippen LogP contribution in [0.25, 0.3) is 0 Å². The second-order valence-electron chi connectivity index (χ2n) is 3.99. The second-order valence-corrected chi connectivity index (χ2v) is 6.46. The lowest BCUT2D eigenvalue weighted by atomic mass is 10.3. The van der Waals surface area contributed by atoms with Crippen LogP contribution in [0.3, 0.4) is 0 Å². The van der Waals surface area contributed by atoms with E-state index in [1.165, 1.54) is 0 Å².